The van der Waals surface area contributed by atoms with E-state index in [9.17, 15) is 18.0 Å². The lowest BCUT2D eigenvalue weighted by Gasteiger charge is -2.41. The van der Waals surface area contributed by atoms with Crippen LogP contribution < -0.4 is 5.43 Å². The van der Waals surface area contributed by atoms with E-state index in [0.717, 1.165) is 42.1 Å². The number of morpholine rings is 1. The maximum absolute atomic E-state index is 13.8. The molecule has 1 saturated heterocycles. The number of amides is 1. The quantitative estimate of drug-likeness (QED) is 0.514. The van der Waals surface area contributed by atoms with Gasteiger partial charge in [0.1, 0.15) is 18.4 Å². The summed E-state index contributed by atoms with van der Waals surface area (Å²) in [4.78, 5) is 25.1. The molecule has 8 nitrogen and oxygen atoms in total. The number of rotatable bonds is 4. The Kier molecular flexibility index (Phi) is 7.35. The van der Waals surface area contributed by atoms with Gasteiger partial charge >= 0.3 is 6.18 Å². The zero-order valence-electron chi connectivity index (χ0n) is 21.7. The Morgan fingerprint density at radius 1 is 1.18 bits per heavy atom. The number of nitrogens with one attached hydrogen (secondary N) is 1. The molecule has 0 aromatic rings. The molecular formula is C28H29ClF3N5O3. The van der Waals surface area contributed by atoms with Crippen molar-refractivity contribution in [3.8, 4) is 0 Å². The molecule has 212 valence electrons. The minimum Gasteiger partial charge on any atom is -0.494 e. The van der Waals surface area contributed by atoms with E-state index < -0.39 is 23.2 Å². The number of halogens is 4. The average Bonchev–Trinajstić information content (AvgIpc) is 2.96. The van der Waals surface area contributed by atoms with Gasteiger partial charge in [-0.15, -0.1) is 11.6 Å². The Hall–Kier alpha value is -3.31. The van der Waals surface area contributed by atoms with Crippen molar-refractivity contribution in [2.45, 2.75) is 36.9 Å². The molecule has 2 aliphatic carbocycles. The predicted molar refractivity (Wildman–Crippen MR) is 144 cm³/mol. The van der Waals surface area contributed by atoms with Crippen LogP contribution in [0.2, 0.25) is 0 Å². The van der Waals surface area contributed by atoms with Crippen molar-refractivity contribution in [1.82, 2.24) is 15.3 Å². The molecule has 0 saturated carbocycles. The number of ether oxygens (including phenoxy) is 2. The van der Waals surface area contributed by atoms with Crippen LogP contribution in [0.15, 0.2) is 80.4 Å². The van der Waals surface area contributed by atoms with Crippen LogP contribution in [-0.2, 0) is 14.3 Å². The van der Waals surface area contributed by atoms with Gasteiger partial charge in [0.15, 0.2) is 0 Å². The summed E-state index contributed by atoms with van der Waals surface area (Å²) < 4.78 is 52.1. The fourth-order valence-electron chi connectivity index (χ4n) is 5.82. The van der Waals surface area contributed by atoms with Crippen molar-refractivity contribution >= 4 is 29.4 Å². The highest BCUT2D eigenvalue weighted by Crippen LogP contribution is 2.39. The molecular weight excluding hydrogens is 547 g/mol. The number of carbonyl (C=O) groups is 1. The van der Waals surface area contributed by atoms with E-state index >= 15 is 0 Å². The van der Waals surface area contributed by atoms with E-state index in [1.54, 1.807) is 6.20 Å². The second kappa shape index (κ2) is 10.9. The molecule has 6 aliphatic rings. The molecule has 4 heterocycles. The van der Waals surface area contributed by atoms with Gasteiger partial charge in [0.25, 0.3) is 5.91 Å². The molecule has 0 bridgehead atoms. The Bertz CT molecular complexity index is 1320. The molecule has 0 radical (unpaired) electrons. The van der Waals surface area contributed by atoms with Crippen LogP contribution in [-0.4, -0.2) is 84.8 Å². The molecule has 12 heteroatoms. The van der Waals surface area contributed by atoms with Crippen LogP contribution in [0.25, 0.3) is 0 Å². The van der Waals surface area contributed by atoms with E-state index in [2.05, 4.69) is 21.4 Å². The Morgan fingerprint density at radius 2 is 2.00 bits per heavy atom. The Morgan fingerprint density at radius 3 is 2.80 bits per heavy atom. The van der Waals surface area contributed by atoms with Gasteiger partial charge < -0.3 is 14.4 Å². The van der Waals surface area contributed by atoms with Crippen LogP contribution in [0.1, 0.15) is 19.3 Å². The molecule has 3 atom stereocenters. The first-order valence-electron chi connectivity index (χ1n) is 13.4. The number of nitrogens with zero attached hydrogens (tertiary/aromatic N) is 4. The average molecular weight is 576 g/mol. The van der Waals surface area contributed by atoms with E-state index in [1.165, 1.54) is 6.21 Å². The first kappa shape index (κ1) is 26.9. The number of hydrazine groups is 1. The van der Waals surface area contributed by atoms with Crippen molar-refractivity contribution in [3.63, 3.8) is 0 Å². The highest BCUT2D eigenvalue weighted by Gasteiger charge is 2.41. The molecule has 1 amide bonds. The van der Waals surface area contributed by atoms with Gasteiger partial charge in [-0.3, -0.25) is 25.2 Å². The number of alkyl halides is 4. The lowest BCUT2D eigenvalue weighted by Crippen LogP contribution is -2.50. The highest BCUT2D eigenvalue weighted by molar-refractivity contribution is 6.23. The van der Waals surface area contributed by atoms with Gasteiger partial charge in [0.2, 0.25) is 0 Å². The van der Waals surface area contributed by atoms with E-state index in [4.69, 9.17) is 26.1 Å². The molecule has 4 aliphatic heterocycles. The number of dihydropyridines is 1. The number of hydrogen-bond donors (Lipinski definition) is 1. The largest absolute Gasteiger partial charge is 0.494 e. The predicted octanol–water partition coefficient (Wildman–Crippen LogP) is 3.96. The number of allylic oxidation sites excluding steroid dienone is 6. The first-order valence-corrected chi connectivity index (χ1v) is 13.8. The third-order valence-electron chi connectivity index (χ3n) is 7.66. The molecule has 0 aromatic carbocycles. The Labute approximate surface area is 234 Å². The lowest BCUT2D eigenvalue weighted by atomic mass is 9.81. The summed E-state index contributed by atoms with van der Waals surface area (Å²) in [7, 11) is 0. The van der Waals surface area contributed by atoms with Gasteiger partial charge in [-0.2, -0.15) is 13.2 Å². The van der Waals surface area contributed by atoms with Gasteiger partial charge in [-0.25, -0.2) is 0 Å². The summed E-state index contributed by atoms with van der Waals surface area (Å²) in [5, 5.41) is 0.997. The summed E-state index contributed by atoms with van der Waals surface area (Å²) in [6, 6.07) is -0.582. The Balaban J connectivity index is 1.32. The van der Waals surface area contributed by atoms with Crippen molar-refractivity contribution in [2.75, 3.05) is 39.5 Å². The molecule has 0 aromatic heterocycles. The summed E-state index contributed by atoms with van der Waals surface area (Å²) in [6.45, 7) is 3.12. The number of carbonyl (C=O) groups excluding carboxylic acids is 1. The van der Waals surface area contributed by atoms with Crippen molar-refractivity contribution in [3.05, 3.63) is 70.5 Å². The van der Waals surface area contributed by atoms with Crippen molar-refractivity contribution in [1.29, 1.82) is 0 Å². The smallest absolute Gasteiger partial charge is 0.416 e. The zero-order chi connectivity index (χ0) is 27.9. The van der Waals surface area contributed by atoms with Gasteiger partial charge in [-0.05, 0) is 30.6 Å². The summed E-state index contributed by atoms with van der Waals surface area (Å²) in [5.41, 5.74) is 5.09. The normalized spacial score (nSPS) is 28.4. The van der Waals surface area contributed by atoms with E-state index in [-0.39, 0.29) is 18.2 Å². The van der Waals surface area contributed by atoms with Crippen LogP contribution in [0.3, 0.4) is 0 Å². The van der Waals surface area contributed by atoms with Crippen molar-refractivity contribution in [2.24, 2.45) is 15.9 Å². The second-order valence-electron chi connectivity index (χ2n) is 10.2. The number of aliphatic imine (C=N–C) groups is 2. The van der Waals surface area contributed by atoms with Crippen molar-refractivity contribution < 1.29 is 27.4 Å². The summed E-state index contributed by atoms with van der Waals surface area (Å²) >= 11 is 6.23. The number of hydrogen-bond acceptors (Lipinski definition) is 7. The second-order valence-corrected chi connectivity index (χ2v) is 10.8. The lowest BCUT2D eigenvalue weighted by molar-refractivity contribution is -0.121. The molecule has 1 N–H and O–H groups in total. The molecule has 40 heavy (non-hydrogen) atoms. The zero-order valence-corrected chi connectivity index (χ0v) is 22.4. The third kappa shape index (κ3) is 5.24. The van der Waals surface area contributed by atoms with Gasteiger partial charge in [0.05, 0.1) is 47.7 Å². The van der Waals surface area contributed by atoms with Gasteiger partial charge in [-0.1, -0.05) is 18.2 Å². The number of fused-ring (bicyclic) bond motifs is 1. The maximum atomic E-state index is 13.8. The maximum Gasteiger partial charge on any atom is 0.416 e. The van der Waals surface area contributed by atoms with E-state index in [0.29, 0.717) is 56.3 Å². The van der Waals surface area contributed by atoms with Crippen LogP contribution >= 0.6 is 11.6 Å². The minimum absolute atomic E-state index is 0.207. The fraction of sp³-hybridized carbons (Fsp3) is 0.464. The third-order valence-corrected chi connectivity index (χ3v) is 7.94. The molecule has 1 fully saturated rings. The molecule has 3 unspecified atom stereocenters. The van der Waals surface area contributed by atoms with Crippen LogP contribution in [0.5, 0.6) is 0 Å². The summed E-state index contributed by atoms with van der Waals surface area (Å²) in [6.07, 6.45) is 8.50. The first-order chi connectivity index (χ1) is 19.3. The van der Waals surface area contributed by atoms with Crippen LogP contribution in [0.4, 0.5) is 13.2 Å². The topological polar surface area (TPSA) is 78.8 Å². The monoisotopic (exact) mass is 575 g/mol. The SMILES string of the molecule is O=C(NN1CCOC2=C1C=CCC2)C1=C(N2CCOCC2)C2C=CN=C(C3=CC(C(F)(F)F)=CC(Cl)C3)C2N=C1. The fourth-order valence-corrected chi connectivity index (χ4v) is 6.12. The molecule has 0 spiro atoms. The molecule has 6 rings (SSSR count). The highest BCUT2D eigenvalue weighted by atomic mass is 35.5. The van der Waals surface area contributed by atoms with Gasteiger partial charge in [0, 0.05) is 43.5 Å². The van der Waals surface area contributed by atoms with Crippen LogP contribution in [0, 0.1) is 5.92 Å². The minimum atomic E-state index is -4.52. The standard InChI is InChI=1S/C28H29ClF3N5O3/c29-19-14-17(13-18(15-19)28(30,31)32)24-25-20(5-6-33-24)26(36-7-10-39-11-8-36)21(16-34-25)27(38)35-37-9-12-40-23-4-2-1-3-22(23)37/h1,3,5-6,13,15-16,19-20,25H,2,4,7-12,14H2,(H,35,38). The van der Waals surface area contributed by atoms with E-state index in [1.807, 2.05) is 17.2 Å². The summed E-state index contributed by atoms with van der Waals surface area (Å²) in [5.74, 6) is 0.157.